The molecule has 0 aliphatic heterocycles. The van der Waals surface area contributed by atoms with Crippen LogP contribution in [0.25, 0.3) is 0 Å². The van der Waals surface area contributed by atoms with E-state index in [1.807, 2.05) is 0 Å². The summed E-state index contributed by atoms with van der Waals surface area (Å²) in [7, 11) is 0.503. The molecule has 0 saturated carbocycles. The minimum atomic E-state index is -3.61. The molecule has 1 rings (SSSR count). The average Bonchev–Trinajstić information content (AvgIpc) is 2.46. The summed E-state index contributed by atoms with van der Waals surface area (Å²) in [5.41, 5.74) is 0.904. The van der Waals surface area contributed by atoms with Crippen molar-refractivity contribution in [2.24, 2.45) is 0 Å². The van der Waals surface area contributed by atoms with Gasteiger partial charge in [0.15, 0.2) is 0 Å². The fourth-order valence-corrected chi connectivity index (χ4v) is 2.62. The van der Waals surface area contributed by atoms with Crippen LogP contribution in [-0.4, -0.2) is 52.3 Å². The number of aryl methyl sites for hydroxylation is 1. The van der Waals surface area contributed by atoms with Crippen LogP contribution >= 0.6 is 0 Å². The van der Waals surface area contributed by atoms with Gasteiger partial charge in [-0.3, -0.25) is 9.59 Å². The summed E-state index contributed by atoms with van der Waals surface area (Å²) >= 11 is 0. The molecule has 22 heavy (non-hydrogen) atoms. The quantitative estimate of drug-likeness (QED) is 0.769. The lowest BCUT2D eigenvalue weighted by molar-refractivity contribution is -0.140. The number of hydrogen-bond donors (Lipinski definition) is 1. The van der Waals surface area contributed by atoms with Gasteiger partial charge in [-0.25, -0.2) is 12.7 Å². The standard InChI is InChI=1S/C14H20N2O5S/c1-10-5-6-11(22(19,20)16(2)3)9-12(10)14(18)15-8-7-13(17)21-4/h5-6,9H,7-8H2,1-4H3,(H,15,18). The predicted octanol–water partition coefficient (Wildman–Crippen LogP) is 0.538. The second kappa shape index (κ2) is 7.37. The minimum absolute atomic E-state index is 0.0428. The summed E-state index contributed by atoms with van der Waals surface area (Å²) < 4.78 is 29.7. The number of esters is 1. The predicted molar refractivity (Wildman–Crippen MR) is 81.0 cm³/mol. The molecule has 0 heterocycles. The molecule has 122 valence electrons. The van der Waals surface area contributed by atoms with E-state index in [1.54, 1.807) is 13.0 Å². The molecule has 0 unspecified atom stereocenters. The Morgan fingerprint density at radius 3 is 2.45 bits per heavy atom. The normalized spacial score (nSPS) is 11.3. The number of nitrogens with zero attached hydrogens (tertiary/aromatic N) is 1. The van der Waals surface area contributed by atoms with Gasteiger partial charge >= 0.3 is 5.97 Å². The first-order chi connectivity index (χ1) is 10.2. The van der Waals surface area contributed by atoms with Gasteiger partial charge in [-0.1, -0.05) is 6.07 Å². The summed E-state index contributed by atoms with van der Waals surface area (Å²) in [4.78, 5) is 23.2. The van der Waals surface area contributed by atoms with Crippen molar-refractivity contribution in [3.63, 3.8) is 0 Å². The van der Waals surface area contributed by atoms with Crippen LogP contribution in [0.2, 0.25) is 0 Å². The van der Waals surface area contributed by atoms with Gasteiger partial charge in [-0.2, -0.15) is 0 Å². The van der Waals surface area contributed by atoms with Crippen molar-refractivity contribution >= 4 is 21.9 Å². The van der Waals surface area contributed by atoms with E-state index in [0.717, 1.165) is 4.31 Å². The number of methoxy groups -OCH3 is 1. The molecule has 8 heteroatoms. The molecule has 1 N–H and O–H groups in total. The van der Waals surface area contributed by atoms with Crippen LogP contribution in [0, 0.1) is 6.92 Å². The maximum Gasteiger partial charge on any atom is 0.307 e. The van der Waals surface area contributed by atoms with E-state index in [-0.39, 0.29) is 23.4 Å². The maximum absolute atomic E-state index is 12.1. The number of hydrogen-bond acceptors (Lipinski definition) is 5. The van der Waals surface area contributed by atoms with Gasteiger partial charge in [0.25, 0.3) is 5.91 Å². The van der Waals surface area contributed by atoms with Crippen molar-refractivity contribution < 1.29 is 22.7 Å². The van der Waals surface area contributed by atoms with E-state index in [9.17, 15) is 18.0 Å². The third-order valence-corrected chi connectivity index (χ3v) is 4.89. The number of sulfonamides is 1. The maximum atomic E-state index is 12.1. The zero-order valence-corrected chi connectivity index (χ0v) is 13.9. The Kier molecular flexibility index (Phi) is 6.07. The van der Waals surface area contributed by atoms with Crippen molar-refractivity contribution in [1.82, 2.24) is 9.62 Å². The summed E-state index contributed by atoms with van der Waals surface area (Å²) in [6.45, 7) is 1.83. The van der Waals surface area contributed by atoms with Crippen molar-refractivity contribution in [2.75, 3.05) is 27.7 Å². The Morgan fingerprint density at radius 2 is 1.91 bits per heavy atom. The van der Waals surface area contributed by atoms with E-state index >= 15 is 0 Å². The van der Waals surface area contributed by atoms with Crippen LogP contribution in [0.3, 0.4) is 0 Å². The number of carbonyl (C=O) groups is 2. The molecule has 7 nitrogen and oxygen atoms in total. The number of amides is 1. The number of nitrogens with one attached hydrogen (secondary N) is 1. The molecule has 1 aromatic rings. The highest BCUT2D eigenvalue weighted by Gasteiger charge is 2.20. The summed E-state index contributed by atoms with van der Waals surface area (Å²) in [5, 5.41) is 2.56. The highest BCUT2D eigenvalue weighted by molar-refractivity contribution is 7.89. The Bertz CT molecular complexity index is 668. The Morgan fingerprint density at radius 1 is 1.27 bits per heavy atom. The zero-order valence-electron chi connectivity index (χ0n) is 13.0. The summed E-state index contributed by atoms with van der Waals surface area (Å²) in [5.74, 6) is -0.863. The molecule has 0 spiro atoms. The topological polar surface area (TPSA) is 92.8 Å². The van der Waals surface area contributed by atoms with Crippen LogP contribution in [-0.2, 0) is 19.6 Å². The SMILES string of the molecule is COC(=O)CCNC(=O)c1cc(S(=O)(=O)N(C)C)ccc1C. The van der Waals surface area contributed by atoms with Crippen molar-refractivity contribution in [3.05, 3.63) is 29.3 Å². The van der Waals surface area contributed by atoms with Crippen LogP contribution < -0.4 is 5.32 Å². The molecule has 0 aliphatic carbocycles. The smallest absolute Gasteiger partial charge is 0.307 e. The zero-order chi connectivity index (χ0) is 16.9. The summed E-state index contributed by atoms with van der Waals surface area (Å²) in [6.07, 6.45) is 0.0526. The Labute approximate surface area is 130 Å². The largest absolute Gasteiger partial charge is 0.469 e. The van der Waals surface area contributed by atoms with Gasteiger partial charge < -0.3 is 10.1 Å². The Hall–Kier alpha value is -1.93. The third-order valence-electron chi connectivity index (χ3n) is 3.07. The highest BCUT2D eigenvalue weighted by Crippen LogP contribution is 2.18. The third kappa shape index (κ3) is 4.28. The molecule has 1 amide bonds. The number of ether oxygens (including phenoxy) is 1. The first-order valence-electron chi connectivity index (χ1n) is 6.58. The summed E-state index contributed by atoms with van der Waals surface area (Å²) in [6, 6.07) is 4.36. The molecule has 0 aliphatic rings. The van der Waals surface area contributed by atoms with E-state index in [2.05, 4.69) is 10.1 Å². The fraction of sp³-hybridized carbons (Fsp3) is 0.429. The fourth-order valence-electron chi connectivity index (χ4n) is 1.69. The lowest BCUT2D eigenvalue weighted by Gasteiger charge is -2.13. The lowest BCUT2D eigenvalue weighted by atomic mass is 10.1. The van der Waals surface area contributed by atoms with Gasteiger partial charge in [0.2, 0.25) is 10.0 Å². The minimum Gasteiger partial charge on any atom is -0.469 e. The van der Waals surface area contributed by atoms with Crippen molar-refractivity contribution in [1.29, 1.82) is 0 Å². The molecule has 0 fully saturated rings. The van der Waals surface area contributed by atoms with Gasteiger partial charge in [0, 0.05) is 26.2 Å². The monoisotopic (exact) mass is 328 g/mol. The first-order valence-corrected chi connectivity index (χ1v) is 8.02. The van der Waals surface area contributed by atoms with E-state index in [0.29, 0.717) is 5.56 Å². The molecule has 0 aromatic heterocycles. The van der Waals surface area contributed by atoms with E-state index in [1.165, 1.54) is 33.3 Å². The number of benzene rings is 1. The van der Waals surface area contributed by atoms with Gasteiger partial charge in [0.1, 0.15) is 0 Å². The number of carbonyl (C=O) groups excluding carboxylic acids is 2. The second-order valence-electron chi connectivity index (χ2n) is 4.85. The molecular formula is C14H20N2O5S. The van der Waals surface area contributed by atoms with E-state index < -0.39 is 21.9 Å². The molecule has 0 radical (unpaired) electrons. The van der Waals surface area contributed by atoms with E-state index in [4.69, 9.17) is 0 Å². The highest BCUT2D eigenvalue weighted by atomic mass is 32.2. The molecule has 0 atom stereocenters. The number of rotatable bonds is 6. The van der Waals surface area contributed by atoms with Gasteiger partial charge in [-0.15, -0.1) is 0 Å². The van der Waals surface area contributed by atoms with Crippen LogP contribution in [0.1, 0.15) is 22.3 Å². The molecule has 0 saturated heterocycles. The van der Waals surface area contributed by atoms with Crippen LogP contribution in [0.4, 0.5) is 0 Å². The van der Waals surface area contributed by atoms with Gasteiger partial charge in [-0.05, 0) is 24.6 Å². The average molecular weight is 328 g/mol. The van der Waals surface area contributed by atoms with Crippen LogP contribution in [0.5, 0.6) is 0 Å². The van der Waals surface area contributed by atoms with Crippen molar-refractivity contribution in [2.45, 2.75) is 18.2 Å². The second-order valence-corrected chi connectivity index (χ2v) is 7.00. The molecular weight excluding hydrogens is 308 g/mol. The van der Waals surface area contributed by atoms with Crippen molar-refractivity contribution in [3.8, 4) is 0 Å². The van der Waals surface area contributed by atoms with Crippen LogP contribution in [0.15, 0.2) is 23.1 Å². The van der Waals surface area contributed by atoms with Gasteiger partial charge in [0.05, 0.1) is 18.4 Å². The Balaban J connectivity index is 2.95. The first kappa shape index (κ1) is 18.1. The molecule has 0 bridgehead atoms. The molecule has 1 aromatic carbocycles. The lowest BCUT2D eigenvalue weighted by Crippen LogP contribution is -2.28.